The first-order valence-electron chi connectivity index (χ1n) is 10.1. The summed E-state index contributed by atoms with van der Waals surface area (Å²) in [5.74, 6) is -0.594. The van der Waals surface area contributed by atoms with Gasteiger partial charge in [0.25, 0.3) is 5.56 Å². The average molecular weight is 491 g/mol. The second-order valence-electron chi connectivity index (χ2n) is 7.18. The van der Waals surface area contributed by atoms with E-state index >= 15 is 0 Å². The van der Waals surface area contributed by atoms with Crippen LogP contribution in [-0.4, -0.2) is 32.5 Å². The Bertz CT molecular complexity index is 1420. The highest BCUT2D eigenvalue weighted by Crippen LogP contribution is 2.49. The van der Waals surface area contributed by atoms with Crippen LogP contribution in [0.5, 0.6) is 0 Å². The van der Waals surface area contributed by atoms with Gasteiger partial charge in [-0.3, -0.25) is 18.9 Å². The Labute approximate surface area is 192 Å². The van der Waals surface area contributed by atoms with Crippen LogP contribution in [0.15, 0.2) is 55.1 Å². The van der Waals surface area contributed by atoms with Crippen LogP contribution in [0.3, 0.4) is 0 Å². The first kappa shape index (κ1) is 23.6. The summed E-state index contributed by atoms with van der Waals surface area (Å²) in [6, 6.07) is 9.13. The van der Waals surface area contributed by atoms with Gasteiger partial charge in [0.15, 0.2) is 16.9 Å². The number of hydrogen-bond donors (Lipinski definition) is 2. The summed E-state index contributed by atoms with van der Waals surface area (Å²) in [5, 5.41) is 0. The number of nitrogens with two attached hydrogens (primary N) is 1. The lowest BCUT2D eigenvalue weighted by Gasteiger charge is -2.18. The smallest absolute Gasteiger partial charge is 0.396 e. The molecule has 0 saturated carbocycles. The molecule has 0 amide bonds. The molecule has 180 valence electrons. The van der Waals surface area contributed by atoms with Crippen LogP contribution in [0, 0.1) is 6.92 Å². The van der Waals surface area contributed by atoms with E-state index in [0.29, 0.717) is 5.65 Å². The molecule has 0 spiro atoms. The topological polar surface area (TPSA) is 178 Å². The van der Waals surface area contributed by atoms with Crippen molar-refractivity contribution in [2.24, 2.45) is 0 Å². The van der Waals surface area contributed by atoms with Gasteiger partial charge in [0, 0.05) is 6.54 Å². The number of fused-ring (bicyclic) bond motifs is 1. The number of hydrogen-bond acceptors (Lipinski definition) is 11. The summed E-state index contributed by atoms with van der Waals surface area (Å²) in [6.07, 6.45) is 1.06. The third kappa shape index (κ3) is 5.69. The fourth-order valence-electron chi connectivity index (χ4n) is 3.00. The van der Waals surface area contributed by atoms with Gasteiger partial charge in [0.05, 0.1) is 19.5 Å². The molecule has 0 aliphatic carbocycles. The highest BCUT2D eigenvalue weighted by atomic mass is 31.2. The second kappa shape index (κ2) is 10.2. The van der Waals surface area contributed by atoms with Crippen molar-refractivity contribution in [3.8, 4) is 0 Å². The lowest BCUT2D eigenvalue weighted by atomic mass is 10.2. The fourth-order valence-corrected chi connectivity index (χ4v) is 4.23. The summed E-state index contributed by atoms with van der Waals surface area (Å²) >= 11 is 0. The summed E-state index contributed by atoms with van der Waals surface area (Å²) in [4.78, 5) is 33.6. The van der Waals surface area contributed by atoms with Crippen LogP contribution in [-0.2, 0) is 38.1 Å². The van der Waals surface area contributed by atoms with E-state index in [9.17, 15) is 14.2 Å². The molecule has 3 N–H and O–H groups in total. The summed E-state index contributed by atoms with van der Waals surface area (Å²) in [7, 11) is -3.77. The van der Waals surface area contributed by atoms with Gasteiger partial charge in [0.2, 0.25) is 5.95 Å². The number of aromatic nitrogens is 4. The molecule has 4 rings (SSSR count). The average Bonchev–Trinajstić information content (AvgIpc) is 3.36. The third-order valence-electron chi connectivity index (χ3n) is 4.72. The number of H-pyrrole nitrogens is 1. The van der Waals surface area contributed by atoms with Crippen molar-refractivity contribution in [1.82, 2.24) is 19.5 Å². The molecule has 1 atom stereocenters. The van der Waals surface area contributed by atoms with E-state index in [1.165, 1.54) is 13.3 Å². The number of rotatable bonds is 11. The Balaban J connectivity index is 1.40. The van der Waals surface area contributed by atoms with Gasteiger partial charge < -0.3 is 28.4 Å². The van der Waals surface area contributed by atoms with Crippen LogP contribution in [0.4, 0.5) is 5.95 Å². The van der Waals surface area contributed by atoms with Gasteiger partial charge in [-0.15, -0.1) is 0 Å². The largest absolute Gasteiger partial charge is 0.519 e. The molecule has 3 aromatic heterocycles. The minimum Gasteiger partial charge on any atom is -0.396 e. The Morgan fingerprint density at radius 3 is 2.65 bits per heavy atom. The Morgan fingerprint density at radius 2 is 1.91 bits per heavy atom. The first-order chi connectivity index (χ1) is 16.3. The Morgan fingerprint density at radius 1 is 1.15 bits per heavy atom. The van der Waals surface area contributed by atoms with Crippen molar-refractivity contribution in [3.63, 3.8) is 0 Å². The number of imidazole rings is 1. The summed E-state index contributed by atoms with van der Waals surface area (Å²) in [5.41, 5.74) is 6.38. The molecule has 0 aliphatic rings. The minimum absolute atomic E-state index is 0.0218. The maximum absolute atomic E-state index is 13.3. The lowest BCUT2D eigenvalue weighted by Crippen LogP contribution is -2.13. The third-order valence-corrected chi connectivity index (χ3v) is 6.26. The standard InChI is InChI=1S/C20H22N5O8P/c1-13-15(33-20(27)32-13)10-31-34(28,30-9-14-5-3-2-4-6-14)12-29-8-7-25-11-22-16-17(25)23-19(21)24-18(16)26/h2-6,11H,7-10,12H2,1H3,(H3,21,23,24,26). The number of aromatic amines is 1. The van der Waals surface area contributed by atoms with Gasteiger partial charge in [-0.05, 0) is 12.5 Å². The molecule has 0 aliphatic heterocycles. The number of nitrogens with zero attached hydrogens (tertiary/aromatic N) is 3. The van der Waals surface area contributed by atoms with Crippen LogP contribution >= 0.6 is 7.60 Å². The molecule has 34 heavy (non-hydrogen) atoms. The zero-order valence-corrected chi connectivity index (χ0v) is 19.0. The predicted molar refractivity (Wildman–Crippen MR) is 119 cm³/mol. The highest BCUT2D eigenvalue weighted by Gasteiger charge is 2.27. The Kier molecular flexibility index (Phi) is 7.08. The Hall–Kier alpha value is -3.51. The van der Waals surface area contributed by atoms with Crippen molar-refractivity contribution in [1.29, 1.82) is 0 Å². The molecule has 0 fully saturated rings. The first-order valence-corrected chi connectivity index (χ1v) is 11.9. The normalized spacial score (nSPS) is 13.3. The number of anilines is 1. The molecule has 1 aromatic carbocycles. The zero-order chi connectivity index (χ0) is 24.1. The predicted octanol–water partition coefficient (Wildman–Crippen LogP) is 2.16. The summed E-state index contributed by atoms with van der Waals surface area (Å²) in [6.45, 7) is 1.58. The maximum Gasteiger partial charge on any atom is 0.519 e. The minimum atomic E-state index is -3.77. The van der Waals surface area contributed by atoms with E-state index in [4.69, 9.17) is 28.4 Å². The van der Waals surface area contributed by atoms with Gasteiger partial charge in [-0.25, -0.2) is 9.78 Å². The van der Waals surface area contributed by atoms with Gasteiger partial charge >= 0.3 is 13.4 Å². The molecule has 4 aromatic rings. The SMILES string of the molecule is Cc1oc(=O)oc1COP(=O)(COCCn1cnc2c(=O)[nH]c(N)nc21)OCc1ccccc1. The lowest BCUT2D eigenvalue weighted by molar-refractivity contribution is 0.114. The van der Waals surface area contributed by atoms with E-state index < -0.39 is 19.0 Å². The highest BCUT2D eigenvalue weighted by molar-refractivity contribution is 7.53. The second-order valence-corrected chi connectivity index (χ2v) is 9.17. The van der Waals surface area contributed by atoms with Gasteiger partial charge in [-0.2, -0.15) is 4.98 Å². The van der Waals surface area contributed by atoms with Crippen molar-refractivity contribution in [3.05, 3.63) is 74.7 Å². The molecule has 0 radical (unpaired) electrons. The number of nitrogens with one attached hydrogen (secondary N) is 1. The molecule has 14 heteroatoms. The van der Waals surface area contributed by atoms with Gasteiger partial charge in [-0.1, -0.05) is 30.3 Å². The van der Waals surface area contributed by atoms with Crippen LogP contribution in [0.1, 0.15) is 17.1 Å². The quantitative estimate of drug-likeness (QED) is 0.232. The van der Waals surface area contributed by atoms with Crippen LogP contribution in [0.2, 0.25) is 0 Å². The van der Waals surface area contributed by atoms with E-state index in [2.05, 4.69) is 15.0 Å². The van der Waals surface area contributed by atoms with E-state index in [1.54, 1.807) is 4.57 Å². The summed E-state index contributed by atoms with van der Waals surface area (Å²) < 4.78 is 41.2. The van der Waals surface area contributed by atoms with Crippen molar-refractivity contribution >= 4 is 24.7 Å². The number of ether oxygens (including phenoxy) is 1. The van der Waals surface area contributed by atoms with Crippen LogP contribution in [0.25, 0.3) is 11.2 Å². The zero-order valence-electron chi connectivity index (χ0n) is 18.1. The molecule has 1 unspecified atom stereocenters. The van der Waals surface area contributed by atoms with Crippen molar-refractivity contribution in [2.45, 2.75) is 26.7 Å². The maximum atomic E-state index is 13.3. The molecule has 0 saturated heterocycles. The molecule has 3 heterocycles. The number of aryl methyl sites for hydroxylation is 1. The van der Waals surface area contributed by atoms with E-state index in [0.717, 1.165) is 5.56 Å². The number of nitrogen functional groups attached to an aromatic ring is 1. The van der Waals surface area contributed by atoms with Gasteiger partial charge in [0.1, 0.15) is 18.7 Å². The molecule has 0 bridgehead atoms. The molecule has 13 nitrogen and oxygen atoms in total. The molecular weight excluding hydrogens is 469 g/mol. The molecular formula is C20H22N5O8P. The van der Waals surface area contributed by atoms with Crippen molar-refractivity contribution in [2.75, 3.05) is 18.7 Å². The van der Waals surface area contributed by atoms with Crippen molar-refractivity contribution < 1.29 is 27.2 Å². The van der Waals surface area contributed by atoms with E-state index in [1.807, 2.05) is 30.3 Å². The fraction of sp³-hybridized carbons (Fsp3) is 0.300. The van der Waals surface area contributed by atoms with E-state index in [-0.39, 0.29) is 55.7 Å². The van der Waals surface area contributed by atoms with Crippen LogP contribution < -0.4 is 17.1 Å². The monoisotopic (exact) mass is 491 g/mol. The number of benzene rings is 1.